The maximum absolute atomic E-state index is 13.8. The van der Waals surface area contributed by atoms with Crippen molar-refractivity contribution in [3.05, 3.63) is 121 Å². The van der Waals surface area contributed by atoms with Crippen LogP contribution >= 0.6 is 7.26 Å². The number of hydrogen-bond donors (Lipinski definition) is 0. The standard InChI is InChI=1S/C29H29FOP/c30-28-21-11-12-22-29(28)31-23-13-4-14-24-32(25-15-5-1-6-16-25,26-17-7-2-8-18-26)27-19-9-3-10-20-27/h1-3,5-12,15-22H,4,13-14,23-24H2/q+1. The number of unbranched alkanes of at least 4 members (excludes halogenated alkanes) is 2. The number of rotatable bonds is 10. The van der Waals surface area contributed by atoms with E-state index in [1.165, 1.54) is 22.0 Å². The van der Waals surface area contributed by atoms with Gasteiger partial charge in [0.2, 0.25) is 0 Å². The highest BCUT2D eigenvalue weighted by Crippen LogP contribution is 2.55. The lowest BCUT2D eigenvalue weighted by Gasteiger charge is -2.27. The molecule has 0 saturated carbocycles. The van der Waals surface area contributed by atoms with Crippen LogP contribution in [-0.2, 0) is 0 Å². The fraction of sp³-hybridized carbons (Fsp3) is 0.172. The summed E-state index contributed by atoms with van der Waals surface area (Å²) in [5, 5.41) is 4.25. The predicted octanol–water partition coefficient (Wildman–Crippen LogP) is 6.37. The summed E-state index contributed by atoms with van der Waals surface area (Å²) in [5.74, 6) is 0.0434. The maximum Gasteiger partial charge on any atom is 0.165 e. The highest BCUT2D eigenvalue weighted by atomic mass is 31.2. The Balaban J connectivity index is 1.53. The molecule has 0 saturated heterocycles. The summed E-state index contributed by atoms with van der Waals surface area (Å²) in [4.78, 5) is 0. The smallest absolute Gasteiger partial charge is 0.165 e. The van der Waals surface area contributed by atoms with Crippen LogP contribution in [-0.4, -0.2) is 12.8 Å². The van der Waals surface area contributed by atoms with Crippen LogP contribution in [0.5, 0.6) is 5.75 Å². The molecule has 0 amide bonds. The predicted molar refractivity (Wildman–Crippen MR) is 136 cm³/mol. The summed E-state index contributed by atoms with van der Waals surface area (Å²) in [6.45, 7) is 0.536. The van der Waals surface area contributed by atoms with E-state index in [9.17, 15) is 4.39 Å². The van der Waals surface area contributed by atoms with E-state index in [-0.39, 0.29) is 5.82 Å². The van der Waals surface area contributed by atoms with Crippen LogP contribution in [0.1, 0.15) is 19.3 Å². The zero-order valence-electron chi connectivity index (χ0n) is 18.2. The average Bonchev–Trinajstić information content (AvgIpc) is 2.86. The molecule has 0 aliphatic carbocycles. The molecule has 4 aromatic carbocycles. The van der Waals surface area contributed by atoms with E-state index < -0.39 is 7.26 Å². The van der Waals surface area contributed by atoms with E-state index in [1.54, 1.807) is 18.2 Å². The lowest BCUT2D eigenvalue weighted by Crippen LogP contribution is -2.33. The minimum absolute atomic E-state index is 0.297. The van der Waals surface area contributed by atoms with E-state index in [4.69, 9.17) is 4.74 Å². The zero-order chi connectivity index (χ0) is 22.1. The fourth-order valence-electron chi connectivity index (χ4n) is 4.25. The van der Waals surface area contributed by atoms with Gasteiger partial charge in [-0.2, -0.15) is 0 Å². The third-order valence-corrected chi connectivity index (χ3v) is 10.3. The Kier molecular flexibility index (Phi) is 7.69. The molecule has 162 valence electrons. The van der Waals surface area contributed by atoms with Gasteiger partial charge in [0.05, 0.1) is 12.8 Å². The van der Waals surface area contributed by atoms with Crippen LogP contribution in [0, 0.1) is 5.82 Å². The second-order valence-electron chi connectivity index (χ2n) is 7.88. The summed E-state index contributed by atoms with van der Waals surface area (Å²) in [5.41, 5.74) is 0. The van der Waals surface area contributed by atoms with Gasteiger partial charge in [-0.05, 0) is 67.8 Å². The quantitative estimate of drug-likeness (QED) is 0.204. The van der Waals surface area contributed by atoms with E-state index in [0.29, 0.717) is 12.4 Å². The molecule has 0 unspecified atom stereocenters. The zero-order valence-corrected chi connectivity index (χ0v) is 19.1. The van der Waals surface area contributed by atoms with E-state index in [0.717, 1.165) is 25.4 Å². The van der Waals surface area contributed by atoms with Gasteiger partial charge in [-0.15, -0.1) is 0 Å². The van der Waals surface area contributed by atoms with E-state index >= 15 is 0 Å². The van der Waals surface area contributed by atoms with Gasteiger partial charge in [0.25, 0.3) is 0 Å². The Morgan fingerprint density at radius 1 is 0.531 bits per heavy atom. The highest BCUT2D eigenvalue weighted by Gasteiger charge is 2.44. The topological polar surface area (TPSA) is 9.23 Å². The molecule has 0 bridgehead atoms. The largest absolute Gasteiger partial charge is 0.491 e. The number of benzene rings is 4. The second-order valence-corrected chi connectivity index (χ2v) is 11.5. The molecular weight excluding hydrogens is 414 g/mol. The lowest BCUT2D eigenvalue weighted by atomic mass is 10.2. The average molecular weight is 444 g/mol. The van der Waals surface area contributed by atoms with Gasteiger partial charge < -0.3 is 4.74 Å². The Bertz CT molecular complexity index is 987. The SMILES string of the molecule is Fc1ccccc1OCCCCC[P+](c1ccccc1)(c1ccccc1)c1ccccc1. The fourth-order valence-corrected chi connectivity index (χ4v) is 8.66. The minimum atomic E-state index is -1.77. The van der Waals surface area contributed by atoms with Crippen molar-refractivity contribution < 1.29 is 9.13 Å². The van der Waals surface area contributed by atoms with Crippen LogP contribution in [0.2, 0.25) is 0 Å². The molecule has 0 aliphatic rings. The van der Waals surface area contributed by atoms with Crippen molar-refractivity contribution in [3.63, 3.8) is 0 Å². The molecule has 4 aromatic rings. The molecule has 0 aliphatic heterocycles. The number of hydrogen-bond acceptors (Lipinski definition) is 1. The Morgan fingerprint density at radius 2 is 1.00 bits per heavy atom. The minimum Gasteiger partial charge on any atom is -0.491 e. The van der Waals surface area contributed by atoms with Crippen molar-refractivity contribution in [1.29, 1.82) is 0 Å². The third-order valence-electron chi connectivity index (χ3n) is 5.82. The molecule has 0 aromatic heterocycles. The first-order valence-corrected chi connectivity index (χ1v) is 13.2. The highest BCUT2D eigenvalue weighted by molar-refractivity contribution is 7.95. The van der Waals surface area contributed by atoms with Crippen LogP contribution in [0.25, 0.3) is 0 Å². The molecule has 0 N–H and O–H groups in total. The molecule has 4 rings (SSSR count). The third kappa shape index (κ3) is 5.09. The van der Waals surface area contributed by atoms with Crippen molar-refractivity contribution in [2.75, 3.05) is 12.8 Å². The van der Waals surface area contributed by atoms with E-state index in [1.807, 2.05) is 0 Å². The summed E-state index contributed by atoms with van der Waals surface area (Å²) in [7, 11) is -1.77. The molecule has 0 fully saturated rings. The summed E-state index contributed by atoms with van der Waals surface area (Å²) in [6, 6.07) is 39.5. The van der Waals surface area contributed by atoms with Gasteiger partial charge in [-0.25, -0.2) is 4.39 Å². The van der Waals surface area contributed by atoms with Gasteiger partial charge in [-0.1, -0.05) is 66.7 Å². The Labute approximate surface area is 191 Å². The Hall–Kier alpha value is -2.96. The van der Waals surface area contributed by atoms with Crippen molar-refractivity contribution in [1.82, 2.24) is 0 Å². The first kappa shape index (κ1) is 22.2. The number of halogens is 1. The van der Waals surface area contributed by atoms with Crippen molar-refractivity contribution in [2.45, 2.75) is 19.3 Å². The summed E-state index contributed by atoms with van der Waals surface area (Å²) >= 11 is 0. The van der Waals surface area contributed by atoms with Crippen LogP contribution < -0.4 is 20.7 Å². The van der Waals surface area contributed by atoms with Gasteiger partial charge in [-0.3, -0.25) is 0 Å². The van der Waals surface area contributed by atoms with Crippen LogP contribution in [0.3, 0.4) is 0 Å². The molecular formula is C29H29FOP+. The van der Waals surface area contributed by atoms with Crippen molar-refractivity contribution >= 4 is 23.2 Å². The normalized spacial score (nSPS) is 11.3. The van der Waals surface area contributed by atoms with Crippen molar-refractivity contribution in [3.8, 4) is 5.75 Å². The Morgan fingerprint density at radius 3 is 1.50 bits per heavy atom. The van der Waals surface area contributed by atoms with Gasteiger partial charge >= 0.3 is 0 Å². The van der Waals surface area contributed by atoms with Gasteiger partial charge in [0, 0.05) is 0 Å². The van der Waals surface area contributed by atoms with Crippen molar-refractivity contribution in [2.24, 2.45) is 0 Å². The summed E-state index contributed by atoms with van der Waals surface area (Å²) in [6.07, 6.45) is 4.15. The molecule has 0 spiro atoms. The van der Waals surface area contributed by atoms with Gasteiger partial charge in [0.15, 0.2) is 11.6 Å². The first-order chi connectivity index (χ1) is 15.8. The van der Waals surface area contributed by atoms with Gasteiger partial charge in [0.1, 0.15) is 23.2 Å². The second kappa shape index (κ2) is 11.1. The molecule has 32 heavy (non-hydrogen) atoms. The van der Waals surface area contributed by atoms with E-state index in [2.05, 4.69) is 91.0 Å². The van der Waals surface area contributed by atoms with Crippen LogP contribution in [0.15, 0.2) is 115 Å². The number of para-hydroxylation sites is 1. The lowest BCUT2D eigenvalue weighted by molar-refractivity contribution is 0.291. The molecule has 1 nitrogen and oxygen atoms in total. The summed E-state index contributed by atoms with van der Waals surface area (Å²) < 4.78 is 19.4. The first-order valence-electron chi connectivity index (χ1n) is 11.2. The van der Waals surface area contributed by atoms with Crippen LogP contribution in [0.4, 0.5) is 4.39 Å². The molecule has 3 heteroatoms. The maximum atomic E-state index is 13.8. The molecule has 0 atom stereocenters. The monoisotopic (exact) mass is 443 g/mol. The number of ether oxygens (including phenoxy) is 1. The molecule has 0 radical (unpaired) electrons. The molecule has 0 heterocycles.